The zero-order chi connectivity index (χ0) is 10.8. The van der Waals surface area contributed by atoms with E-state index in [9.17, 15) is 4.79 Å². The van der Waals surface area contributed by atoms with E-state index in [-0.39, 0.29) is 0 Å². The third kappa shape index (κ3) is 1.44. The third-order valence-corrected chi connectivity index (χ3v) is 2.20. The normalized spacial score (nSPS) is 10.3. The zero-order valence-corrected chi connectivity index (χ0v) is 8.44. The van der Waals surface area contributed by atoms with Gasteiger partial charge < -0.3 is 13.9 Å². The Morgan fingerprint density at radius 3 is 2.73 bits per heavy atom. The van der Waals surface area contributed by atoms with Crippen LogP contribution in [0.1, 0.15) is 10.4 Å². The molecular formula is C11H10O4. The van der Waals surface area contributed by atoms with Gasteiger partial charge in [0.25, 0.3) is 0 Å². The van der Waals surface area contributed by atoms with Crippen LogP contribution in [0.3, 0.4) is 0 Å². The smallest absolute Gasteiger partial charge is 0.341 e. The molecule has 0 aliphatic carbocycles. The minimum Gasteiger partial charge on any atom is -0.495 e. The first kappa shape index (κ1) is 9.58. The number of carbonyl (C=O) groups is 1. The van der Waals surface area contributed by atoms with Gasteiger partial charge in [-0.2, -0.15) is 0 Å². The van der Waals surface area contributed by atoms with Crippen LogP contribution in [-0.2, 0) is 4.74 Å². The van der Waals surface area contributed by atoms with E-state index in [1.807, 2.05) is 0 Å². The van der Waals surface area contributed by atoms with Crippen molar-refractivity contribution in [3.63, 3.8) is 0 Å². The van der Waals surface area contributed by atoms with Crippen LogP contribution >= 0.6 is 0 Å². The van der Waals surface area contributed by atoms with E-state index in [0.29, 0.717) is 16.9 Å². The molecule has 15 heavy (non-hydrogen) atoms. The highest BCUT2D eigenvalue weighted by molar-refractivity contribution is 5.99. The van der Waals surface area contributed by atoms with E-state index in [0.717, 1.165) is 5.39 Å². The molecule has 0 N–H and O–H groups in total. The number of rotatable bonds is 2. The number of furan rings is 1. The maximum atomic E-state index is 11.4. The molecule has 0 aliphatic heterocycles. The van der Waals surface area contributed by atoms with Crippen LogP contribution in [0.4, 0.5) is 0 Å². The lowest BCUT2D eigenvalue weighted by Gasteiger charge is -2.06. The second kappa shape index (κ2) is 3.65. The maximum Gasteiger partial charge on any atom is 0.341 e. The lowest BCUT2D eigenvalue weighted by molar-refractivity contribution is 0.0597. The Kier molecular flexibility index (Phi) is 2.33. The quantitative estimate of drug-likeness (QED) is 0.707. The highest BCUT2D eigenvalue weighted by atomic mass is 16.5. The first-order valence-electron chi connectivity index (χ1n) is 4.40. The highest BCUT2D eigenvalue weighted by Gasteiger charge is 2.16. The molecule has 0 spiro atoms. The highest BCUT2D eigenvalue weighted by Crippen LogP contribution is 2.30. The predicted octanol–water partition coefficient (Wildman–Crippen LogP) is 2.23. The molecule has 78 valence electrons. The van der Waals surface area contributed by atoms with Gasteiger partial charge in [0, 0.05) is 0 Å². The molecule has 2 aromatic rings. The summed E-state index contributed by atoms with van der Waals surface area (Å²) in [6.07, 6.45) is 1.55. The van der Waals surface area contributed by atoms with Crippen LogP contribution in [0.25, 0.3) is 11.0 Å². The molecule has 2 rings (SSSR count). The van der Waals surface area contributed by atoms with Gasteiger partial charge in [-0.25, -0.2) is 4.79 Å². The molecule has 4 nitrogen and oxygen atoms in total. The SMILES string of the molecule is COC(=O)c1ccc2occc2c1OC. The molecule has 0 amide bonds. The van der Waals surface area contributed by atoms with E-state index >= 15 is 0 Å². The van der Waals surface area contributed by atoms with Crippen molar-refractivity contribution >= 4 is 16.9 Å². The summed E-state index contributed by atoms with van der Waals surface area (Å²) in [6.45, 7) is 0. The van der Waals surface area contributed by atoms with Gasteiger partial charge >= 0.3 is 5.97 Å². The van der Waals surface area contributed by atoms with Gasteiger partial charge in [-0.1, -0.05) is 0 Å². The van der Waals surface area contributed by atoms with Crippen LogP contribution in [-0.4, -0.2) is 20.2 Å². The minimum atomic E-state index is -0.421. The number of fused-ring (bicyclic) bond motifs is 1. The fourth-order valence-electron chi connectivity index (χ4n) is 1.51. The summed E-state index contributed by atoms with van der Waals surface area (Å²) in [5.74, 6) is 0.0584. The molecule has 0 aliphatic rings. The summed E-state index contributed by atoms with van der Waals surface area (Å²) in [5, 5.41) is 0.764. The number of benzene rings is 1. The summed E-state index contributed by atoms with van der Waals surface area (Å²) in [4.78, 5) is 11.4. The molecule has 1 aromatic heterocycles. The molecule has 0 atom stereocenters. The molecule has 0 saturated carbocycles. The molecule has 0 saturated heterocycles. The number of hydrogen-bond donors (Lipinski definition) is 0. The Morgan fingerprint density at radius 1 is 1.27 bits per heavy atom. The lowest BCUT2D eigenvalue weighted by atomic mass is 10.1. The largest absolute Gasteiger partial charge is 0.495 e. The molecule has 0 unspecified atom stereocenters. The zero-order valence-electron chi connectivity index (χ0n) is 8.44. The monoisotopic (exact) mass is 206 g/mol. The first-order chi connectivity index (χ1) is 7.27. The summed E-state index contributed by atoms with van der Waals surface area (Å²) in [5.41, 5.74) is 1.08. The van der Waals surface area contributed by atoms with Crippen LogP contribution in [0.2, 0.25) is 0 Å². The Hall–Kier alpha value is -1.97. The summed E-state index contributed by atoms with van der Waals surface area (Å²) in [6, 6.07) is 5.08. The van der Waals surface area contributed by atoms with Gasteiger partial charge in [-0.3, -0.25) is 0 Å². The van der Waals surface area contributed by atoms with Crippen molar-refractivity contribution < 1.29 is 18.7 Å². The standard InChI is InChI=1S/C11H10O4/c1-13-10-7-5-6-15-9(7)4-3-8(10)11(12)14-2/h3-6H,1-2H3. The molecule has 1 heterocycles. The topological polar surface area (TPSA) is 48.7 Å². The Balaban J connectivity index is 2.69. The van der Waals surface area contributed by atoms with Gasteiger partial charge in [0.15, 0.2) is 0 Å². The average molecular weight is 206 g/mol. The van der Waals surface area contributed by atoms with Crippen LogP contribution < -0.4 is 4.74 Å². The lowest BCUT2D eigenvalue weighted by Crippen LogP contribution is -2.03. The Bertz CT molecular complexity index is 498. The van der Waals surface area contributed by atoms with E-state index in [1.54, 1.807) is 24.5 Å². The second-order valence-electron chi connectivity index (χ2n) is 2.97. The second-order valence-corrected chi connectivity index (χ2v) is 2.97. The van der Waals surface area contributed by atoms with E-state index in [1.165, 1.54) is 14.2 Å². The van der Waals surface area contributed by atoms with Gasteiger partial charge in [0.05, 0.1) is 25.9 Å². The molecule has 0 radical (unpaired) electrons. The molecule has 1 aromatic carbocycles. The van der Waals surface area contributed by atoms with Crippen LogP contribution in [0.15, 0.2) is 28.9 Å². The number of ether oxygens (including phenoxy) is 2. The number of carbonyl (C=O) groups excluding carboxylic acids is 1. The summed E-state index contributed by atoms with van der Waals surface area (Å²) in [7, 11) is 2.84. The Morgan fingerprint density at radius 2 is 2.07 bits per heavy atom. The minimum absolute atomic E-state index is 0.397. The molecule has 0 fully saturated rings. The van der Waals surface area contributed by atoms with Gasteiger partial charge in [0.1, 0.15) is 16.9 Å². The maximum absolute atomic E-state index is 11.4. The fraction of sp³-hybridized carbons (Fsp3) is 0.182. The van der Waals surface area contributed by atoms with Crippen LogP contribution in [0.5, 0.6) is 5.75 Å². The summed E-state index contributed by atoms with van der Waals surface area (Å²) < 4.78 is 15.0. The van der Waals surface area contributed by atoms with E-state index in [4.69, 9.17) is 9.15 Å². The number of esters is 1. The first-order valence-corrected chi connectivity index (χ1v) is 4.40. The third-order valence-electron chi connectivity index (χ3n) is 2.20. The number of methoxy groups -OCH3 is 2. The van der Waals surface area contributed by atoms with E-state index in [2.05, 4.69) is 4.74 Å². The Labute approximate surface area is 86.4 Å². The number of hydrogen-bond acceptors (Lipinski definition) is 4. The molecule has 4 heteroatoms. The van der Waals surface area contributed by atoms with Crippen molar-refractivity contribution in [1.82, 2.24) is 0 Å². The van der Waals surface area contributed by atoms with Gasteiger partial charge in [0.2, 0.25) is 0 Å². The van der Waals surface area contributed by atoms with Crippen molar-refractivity contribution in [2.75, 3.05) is 14.2 Å². The molecule has 0 bridgehead atoms. The van der Waals surface area contributed by atoms with Crippen molar-refractivity contribution in [1.29, 1.82) is 0 Å². The molecular weight excluding hydrogens is 196 g/mol. The van der Waals surface area contributed by atoms with Crippen molar-refractivity contribution in [3.05, 3.63) is 30.0 Å². The van der Waals surface area contributed by atoms with Crippen LogP contribution in [0, 0.1) is 0 Å². The van der Waals surface area contributed by atoms with E-state index < -0.39 is 5.97 Å². The van der Waals surface area contributed by atoms with Crippen molar-refractivity contribution in [3.8, 4) is 5.75 Å². The van der Waals surface area contributed by atoms with Gasteiger partial charge in [-0.15, -0.1) is 0 Å². The predicted molar refractivity (Wildman–Crippen MR) is 54.1 cm³/mol. The summed E-state index contributed by atoms with van der Waals surface area (Å²) >= 11 is 0. The average Bonchev–Trinajstić information content (AvgIpc) is 2.74. The van der Waals surface area contributed by atoms with Gasteiger partial charge in [-0.05, 0) is 18.2 Å². The fourth-order valence-corrected chi connectivity index (χ4v) is 1.51. The van der Waals surface area contributed by atoms with Crippen molar-refractivity contribution in [2.24, 2.45) is 0 Å². The van der Waals surface area contributed by atoms with Crippen molar-refractivity contribution in [2.45, 2.75) is 0 Å².